The predicted molar refractivity (Wildman–Crippen MR) is 143 cm³/mol. The zero-order chi connectivity index (χ0) is 24.9. The fourth-order valence-corrected chi connectivity index (χ4v) is 4.50. The lowest BCUT2D eigenvalue weighted by Crippen LogP contribution is -2.31. The summed E-state index contributed by atoms with van der Waals surface area (Å²) in [4.78, 5) is 0. The summed E-state index contributed by atoms with van der Waals surface area (Å²) >= 11 is 0. The summed E-state index contributed by atoms with van der Waals surface area (Å²) in [6, 6.07) is 21.8. The van der Waals surface area contributed by atoms with E-state index < -0.39 is 0 Å². The Morgan fingerprint density at radius 3 is 2.31 bits per heavy atom. The lowest BCUT2D eigenvalue weighted by Gasteiger charge is -2.17. The van der Waals surface area contributed by atoms with Crippen molar-refractivity contribution in [2.75, 3.05) is 19.6 Å². The molecule has 0 aliphatic carbocycles. The maximum Gasteiger partial charge on any atom is 0.160 e. The topological polar surface area (TPSA) is 84.8 Å². The molecule has 0 aromatic heterocycles. The van der Waals surface area contributed by atoms with Crippen LogP contribution in [0.25, 0.3) is 0 Å². The van der Waals surface area contributed by atoms with E-state index in [0.717, 1.165) is 68.4 Å². The first kappa shape index (κ1) is 26.6. The van der Waals surface area contributed by atoms with Crippen molar-refractivity contribution in [3.8, 4) is 17.2 Å². The molecule has 188 valence electrons. The average molecular weight is 477 g/mol. The van der Waals surface area contributed by atoms with Crippen LogP contribution in [0.2, 0.25) is 0 Å². The number of aromatic hydroxyl groups is 3. The van der Waals surface area contributed by atoms with Gasteiger partial charge in [-0.05, 0) is 99.5 Å². The molecule has 0 amide bonds. The molecule has 1 unspecified atom stereocenters. The highest BCUT2D eigenvalue weighted by molar-refractivity contribution is 5.49. The number of rotatable bonds is 15. The number of hydrogen-bond donors (Lipinski definition) is 5. The van der Waals surface area contributed by atoms with Gasteiger partial charge in [0.15, 0.2) is 11.5 Å². The number of aryl methyl sites for hydroxylation is 1. The van der Waals surface area contributed by atoms with Crippen LogP contribution in [0.1, 0.15) is 48.4 Å². The van der Waals surface area contributed by atoms with Crippen LogP contribution in [0.3, 0.4) is 0 Å². The number of phenols is 3. The quantitative estimate of drug-likeness (QED) is 0.155. The highest BCUT2D eigenvalue weighted by atomic mass is 16.3. The number of hydrogen-bond acceptors (Lipinski definition) is 5. The van der Waals surface area contributed by atoms with Crippen LogP contribution in [-0.2, 0) is 25.7 Å². The Morgan fingerprint density at radius 1 is 0.743 bits per heavy atom. The molecule has 3 rings (SSSR count). The van der Waals surface area contributed by atoms with E-state index in [1.165, 1.54) is 5.56 Å². The van der Waals surface area contributed by atoms with Gasteiger partial charge in [-0.25, -0.2) is 0 Å². The van der Waals surface area contributed by atoms with E-state index in [2.05, 4.69) is 47.9 Å². The monoisotopic (exact) mass is 476 g/mol. The van der Waals surface area contributed by atoms with Crippen LogP contribution in [-0.4, -0.2) is 41.0 Å². The van der Waals surface area contributed by atoms with Gasteiger partial charge in [0.1, 0.15) is 5.75 Å². The van der Waals surface area contributed by atoms with Gasteiger partial charge in [0.2, 0.25) is 0 Å². The molecule has 0 saturated heterocycles. The minimum Gasteiger partial charge on any atom is -0.508 e. The summed E-state index contributed by atoms with van der Waals surface area (Å²) in [6.07, 6.45) is 6.52. The van der Waals surface area contributed by atoms with Crippen LogP contribution in [0.15, 0.2) is 66.7 Å². The summed E-state index contributed by atoms with van der Waals surface area (Å²) in [5, 5.41) is 37.4. The highest BCUT2D eigenvalue weighted by Crippen LogP contribution is 2.32. The lowest BCUT2D eigenvalue weighted by atomic mass is 9.96. The molecule has 0 aliphatic heterocycles. The summed E-state index contributed by atoms with van der Waals surface area (Å²) in [6.45, 7) is 5.02. The lowest BCUT2D eigenvalue weighted by molar-refractivity contribution is 0.398. The van der Waals surface area contributed by atoms with Crippen molar-refractivity contribution in [2.24, 2.45) is 0 Å². The Labute approximate surface area is 209 Å². The second kappa shape index (κ2) is 14.4. The van der Waals surface area contributed by atoms with Gasteiger partial charge in [-0.2, -0.15) is 0 Å². The zero-order valence-corrected chi connectivity index (χ0v) is 20.8. The molecular formula is C30H40N2O3. The molecule has 5 nitrogen and oxygen atoms in total. The van der Waals surface area contributed by atoms with Crippen molar-refractivity contribution in [2.45, 2.75) is 57.9 Å². The van der Waals surface area contributed by atoms with Crippen LogP contribution in [0.5, 0.6) is 17.2 Å². The summed E-state index contributed by atoms with van der Waals surface area (Å²) in [7, 11) is 0. The standard InChI is InChI=1S/C30H40N2O3/c1-2-26(32-21-17-23-8-4-3-5-9-23)11-7-19-31-20-18-25-14-16-29(34)30(35)28(25)15-13-24-10-6-12-27(33)22-24/h3-6,8-10,12,14,16,22,26,31-35H,2,7,11,13,15,17-21H2,1H3. The van der Waals surface area contributed by atoms with Crippen LogP contribution in [0.4, 0.5) is 0 Å². The molecule has 0 radical (unpaired) electrons. The number of nitrogens with one attached hydrogen (secondary N) is 2. The Bertz CT molecular complexity index is 1020. The van der Waals surface area contributed by atoms with E-state index in [9.17, 15) is 15.3 Å². The van der Waals surface area contributed by atoms with Gasteiger partial charge in [0.25, 0.3) is 0 Å². The van der Waals surface area contributed by atoms with Crippen molar-refractivity contribution in [1.82, 2.24) is 10.6 Å². The van der Waals surface area contributed by atoms with Gasteiger partial charge in [-0.3, -0.25) is 0 Å². The normalized spacial score (nSPS) is 12.0. The third-order valence-electron chi connectivity index (χ3n) is 6.59. The Morgan fingerprint density at radius 2 is 1.54 bits per heavy atom. The first-order valence-electron chi connectivity index (χ1n) is 12.9. The molecule has 35 heavy (non-hydrogen) atoms. The molecule has 1 atom stereocenters. The van der Waals surface area contributed by atoms with Gasteiger partial charge in [-0.1, -0.05) is 55.5 Å². The Hall–Kier alpha value is -3.02. The van der Waals surface area contributed by atoms with Crippen molar-refractivity contribution in [1.29, 1.82) is 0 Å². The molecule has 0 fully saturated rings. The highest BCUT2D eigenvalue weighted by Gasteiger charge is 2.13. The summed E-state index contributed by atoms with van der Waals surface area (Å²) in [5.41, 5.74) is 4.20. The van der Waals surface area contributed by atoms with Gasteiger partial charge in [0, 0.05) is 11.6 Å². The molecule has 0 aliphatic rings. The molecule has 0 heterocycles. The Balaban J connectivity index is 1.38. The maximum atomic E-state index is 10.5. The number of benzene rings is 3. The minimum absolute atomic E-state index is 0.0324. The summed E-state index contributed by atoms with van der Waals surface area (Å²) in [5.74, 6) is 0.122. The molecule has 5 heteroatoms. The van der Waals surface area contributed by atoms with Crippen molar-refractivity contribution < 1.29 is 15.3 Å². The first-order valence-corrected chi connectivity index (χ1v) is 12.9. The second-order valence-corrected chi connectivity index (χ2v) is 9.18. The molecule has 0 bridgehead atoms. The van der Waals surface area contributed by atoms with Gasteiger partial charge in [0.05, 0.1) is 0 Å². The SMILES string of the molecule is CCC(CCCNCCc1ccc(O)c(O)c1CCc1cccc(O)c1)NCCc1ccccc1. The molecular weight excluding hydrogens is 436 g/mol. The van der Waals surface area contributed by atoms with Crippen LogP contribution in [0, 0.1) is 0 Å². The van der Waals surface area contributed by atoms with Crippen LogP contribution >= 0.6 is 0 Å². The third kappa shape index (κ3) is 8.93. The van der Waals surface area contributed by atoms with E-state index in [4.69, 9.17) is 0 Å². The van der Waals surface area contributed by atoms with Crippen molar-refractivity contribution in [3.63, 3.8) is 0 Å². The van der Waals surface area contributed by atoms with E-state index in [1.807, 2.05) is 18.2 Å². The number of phenolic OH excluding ortho intramolecular Hbond substituents is 3. The van der Waals surface area contributed by atoms with Crippen molar-refractivity contribution >= 4 is 0 Å². The van der Waals surface area contributed by atoms with Gasteiger partial charge < -0.3 is 26.0 Å². The fourth-order valence-electron chi connectivity index (χ4n) is 4.50. The van der Waals surface area contributed by atoms with Gasteiger partial charge in [-0.15, -0.1) is 0 Å². The minimum atomic E-state index is -0.0852. The smallest absolute Gasteiger partial charge is 0.160 e. The molecule has 3 aromatic rings. The Kier molecular flexibility index (Phi) is 10.9. The van der Waals surface area contributed by atoms with E-state index in [1.54, 1.807) is 18.2 Å². The molecule has 0 saturated carbocycles. The molecule has 5 N–H and O–H groups in total. The van der Waals surface area contributed by atoms with E-state index >= 15 is 0 Å². The predicted octanol–water partition coefficient (Wildman–Crippen LogP) is 5.11. The van der Waals surface area contributed by atoms with Crippen LogP contribution < -0.4 is 10.6 Å². The fraction of sp³-hybridized carbons (Fsp3) is 0.400. The van der Waals surface area contributed by atoms with Crippen molar-refractivity contribution in [3.05, 3.63) is 89.0 Å². The zero-order valence-electron chi connectivity index (χ0n) is 20.8. The molecule has 0 spiro atoms. The second-order valence-electron chi connectivity index (χ2n) is 9.18. The van der Waals surface area contributed by atoms with E-state index in [0.29, 0.717) is 18.9 Å². The van der Waals surface area contributed by atoms with Gasteiger partial charge >= 0.3 is 0 Å². The summed E-state index contributed by atoms with van der Waals surface area (Å²) < 4.78 is 0. The van der Waals surface area contributed by atoms with E-state index in [-0.39, 0.29) is 17.2 Å². The first-order chi connectivity index (χ1) is 17.1. The average Bonchev–Trinajstić information content (AvgIpc) is 2.87. The maximum absolute atomic E-state index is 10.5. The molecule has 3 aromatic carbocycles. The largest absolute Gasteiger partial charge is 0.508 e. The third-order valence-corrected chi connectivity index (χ3v) is 6.59.